The summed E-state index contributed by atoms with van der Waals surface area (Å²) in [7, 11) is 0. The van der Waals surface area contributed by atoms with Crippen molar-refractivity contribution in [2.75, 3.05) is 0 Å². The largest absolute Gasteiger partial charge is 0.481 e. The number of rotatable bonds is 4. The third kappa shape index (κ3) is 3.35. The Morgan fingerprint density at radius 1 is 1.05 bits per heavy atom. The van der Waals surface area contributed by atoms with Gasteiger partial charge < -0.3 is 5.11 Å². The summed E-state index contributed by atoms with van der Waals surface area (Å²) in [6.45, 7) is 8.28. The van der Waals surface area contributed by atoms with E-state index in [-0.39, 0.29) is 5.41 Å². The number of hydrogen-bond acceptors (Lipinski definition) is 2. The van der Waals surface area contributed by atoms with Crippen molar-refractivity contribution in [1.29, 1.82) is 0 Å². The van der Waals surface area contributed by atoms with Gasteiger partial charge in [0.25, 0.3) is 0 Å². The van der Waals surface area contributed by atoms with E-state index in [0.29, 0.717) is 6.42 Å². The Kier molecular flexibility index (Phi) is 4.24. The molecule has 1 atom stereocenters. The number of carbonyl (C=O) groups is 1. The summed E-state index contributed by atoms with van der Waals surface area (Å²) in [6.07, 6.45) is 0.523. The van der Waals surface area contributed by atoms with Crippen LogP contribution in [-0.4, -0.2) is 11.1 Å². The fourth-order valence-electron chi connectivity index (χ4n) is 2.40. The fourth-order valence-corrected chi connectivity index (χ4v) is 3.26. The molecule has 21 heavy (non-hydrogen) atoms. The highest BCUT2D eigenvalue weighted by Gasteiger charge is 2.35. The van der Waals surface area contributed by atoms with Crippen LogP contribution in [0.1, 0.15) is 43.7 Å². The van der Waals surface area contributed by atoms with Gasteiger partial charge in [-0.15, -0.1) is 11.3 Å². The molecular weight excluding hydrogens is 280 g/mol. The average molecular weight is 302 g/mol. The Bertz CT molecular complexity index is 606. The highest BCUT2D eigenvalue weighted by Crippen LogP contribution is 2.32. The van der Waals surface area contributed by atoms with E-state index in [4.69, 9.17) is 0 Å². The molecule has 0 saturated heterocycles. The first-order valence-corrected chi connectivity index (χ1v) is 7.98. The molecule has 3 heteroatoms. The molecule has 0 bridgehead atoms. The molecule has 0 aliphatic heterocycles. The van der Waals surface area contributed by atoms with Gasteiger partial charge in [-0.2, -0.15) is 0 Å². The maximum Gasteiger partial charge on any atom is 0.314 e. The second-order valence-corrected chi connectivity index (χ2v) is 7.75. The molecule has 0 saturated carbocycles. The van der Waals surface area contributed by atoms with Crippen molar-refractivity contribution in [3.8, 4) is 0 Å². The van der Waals surface area contributed by atoms with Crippen LogP contribution >= 0.6 is 11.3 Å². The van der Waals surface area contributed by atoms with Crippen LogP contribution in [0.25, 0.3) is 0 Å². The normalized spacial score (nSPS) is 14.7. The second-order valence-electron chi connectivity index (χ2n) is 6.72. The topological polar surface area (TPSA) is 37.3 Å². The number of aliphatic carboxylic acids is 1. The van der Waals surface area contributed by atoms with Crippen LogP contribution in [0.2, 0.25) is 0 Å². The monoisotopic (exact) mass is 302 g/mol. The molecule has 0 amide bonds. The molecule has 0 spiro atoms. The van der Waals surface area contributed by atoms with Crippen LogP contribution in [0.15, 0.2) is 41.8 Å². The van der Waals surface area contributed by atoms with E-state index in [2.05, 4.69) is 20.8 Å². The van der Waals surface area contributed by atoms with Crippen molar-refractivity contribution >= 4 is 17.3 Å². The molecule has 2 aromatic rings. The van der Waals surface area contributed by atoms with Crippen LogP contribution < -0.4 is 0 Å². The van der Waals surface area contributed by atoms with Crippen LogP contribution in [0.4, 0.5) is 0 Å². The van der Waals surface area contributed by atoms with Gasteiger partial charge in [0, 0.05) is 11.3 Å². The molecule has 1 N–H and O–H groups in total. The standard InChI is InChI=1S/C18H22O2S/c1-17(2,3)13-7-9-14(10-8-13)18(4,16(19)20)12-15-6-5-11-21-15/h5-11H,12H2,1-4H3,(H,19,20). The van der Waals surface area contributed by atoms with Crippen molar-refractivity contribution in [3.63, 3.8) is 0 Å². The van der Waals surface area contributed by atoms with Crippen LogP contribution in [-0.2, 0) is 22.0 Å². The summed E-state index contributed by atoms with van der Waals surface area (Å²) >= 11 is 1.61. The average Bonchev–Trinajstić information content (AvgIpc) is 2.90. The Morgan fingerprint density at radius 2 is 1.62 bits per heavy atom. The molecule has 1 aromatic heterocycles. The number of hydrogen-bond donors (Lipinski definition) is 1. The lowest BCUT2D eigenvalue weighted by atomic mass is 9.77. The maximum atomic E-state index is 11.8. The first kappa shape index (κ1) is 15.8. The van der Waals surface area contributed by atoms with Gasteiger partial charge in [0.15, 0.2) is 0 Å². The smallest absolute Gasteiger partial charge is 0.314 e. The summed E-state index contributed by atoms with van der Waals surface area (Å²) in [5.41, 5.74) is 1.26. The Labute approximate surface area is 130 Å². The first-order chi connectivity index (χ1) is 9.73. The van der Waals surface area contributed by atoms with Gasteiger partial charge >= 0.3 is 5.97 Å². The highest BCUT2D eigenvalue weighted by atomic mass is 32.1. The van der Waals surface area contributed by atoms with E-state index in [1.165, 1.54) is 5.56 Å². The summed E-state index contributed by atoms with van der Waals surface area (Å²) in [6, 6.07) is 12.0. The molecule has 0 aliphatic carbocycles. The number of benzene rings is 1. The Hall–Kier alpha value is -1.61. The second kappa shape index (κ2) is 5.64. The zero-order valence-electron chi connectivity index (χ0n) is 13.0. The Balaban J connectivity index is 2.36. The van der Waals surface area contributed by atoms with Gasteiger partial charge in [0.1, 0.15) is 0 Å². The lowest BCUT2D eigenvalue weighted by Crippen LogP contribution is -2.34. The summed E-state index contributed by atoms with van der Waals surface area (Å²) in [5.74, 6) is -0.778. The fraction of sp³-hybridized carbons (Fsp3) is 0.389. The van der Waals surface area contributed by atoms with Gasteiger partial charge in [-0.1, -0.05) is 51.1 Å². The molecule has 0 radical (unpaired) electrons. The number of thiophene rings is 1. The number of carboxylic acids is 1. The molecule has 1 aromatic carbocycles. The minimum atomic E-state index is -0.888. The van der Waals surface area contributed by atoms with Gasteiger partial charge in [-0.25, -0.2) is 0 Å². The Morgan fingerprint density at radius 3 is 2.05 bits per heavy atom. The third-order valence-electron chi connectivity index (χ3n) is 3.97. The molecule has 2 rings (SSSR count). The van der Waals surface area contributed by atoms with Crippen molar-refractivity contribution in [2.24, 2.45) is 0 Å². The van der Waals surface area contributed by atoms with Crippen molar-refractivity contribution in [2.45, 2.75) is 44.9 Å². The highest BCUT2D eigenvalue weighted by molar-refractivity contribution is 7.09. The quantitative estimate of drug-likeness (QED) is 0.894. The minimum Gasteiger partial charge on any atom is -0.481 e. The van der Waals surface area contributed by atoms with E-state index in [9.17, 15) is 9.90 Å². The molecule has 0 fully saturated rings. The summed E-state index contributed by atoms with van der Waals surface area (Å²) < 4.78 is 0. The van der Waals surface area contributed by atoms with E-state index in [1.54, 1.807) is 18.3 Å². The van der Waals surface area contributed by atoms with Crippen LogP contribution in [0.3, 0.4) is 0 Å². The van der Waals surface area contributed by atoms with E-state index in [0.717, 1.165) is 10.4 Å². The molecule has 2 nitrogen and oxygen atoms in total. The molecule has 1 unspecified atom stereocenters. The zero-order chi connectivity index (χ0) is 15.7. The molecule has 1 heterocycles. The lowest BCUT2D eigenvalue weighted by Gasteiger charge is -2.26. The zero-order valence-corrected chi connectivity index (χ0v) is 13.8. The predicted molar refractivity (Wildman–Crippen MR) is 88.2 cm³/mol. The van der Waals surface area contributed by atoms with E-state index < -0.39 is 11.4 Å². The maximum absolute atomic E-state index is 11.8. The molecule has 0 aliphatic rings. The van der Waals surface area contributed by atoms with Crippen molar-refractivity contribution < 1.29 is 9.90 Å². The summed E-state index contributed by atoms with van der Waals surface area (Å²) in [4.78, 5) is 12.9. The van der Waals surface area contributed by atoms with Gasteiger partial charge in [-0.3, -0.25) is 4.79 Å². The van der Waals surface area contributed by atoms with Crippen LogP contribution in [0, 0.1) is 0 Å². The van der Waals surface area contributed by atoms with E-state index >= 15 is 0 Å². The van der Waals surface area contributed by atoms with Gasteiger partial charge in [0.05, 0.1) is 5.41 Å². The molecular formula is C18H22O2S. The third-order valence-corrected chi connectivity index (χ3v) is 4.84. The molecule has 112 valence electrons. The minimum absolute atomic E-state index is 0.0753. The SMILES string of the molecule is CC(C)(C)c1ccc(C(C)(Cc2cccs2)C(=O)O)cc1. The van der Waals surface area contributed by atoms with E-state index in [1.807, 2.05) is 41.8 Å². The van der Waals surface area contributed by atoms with Crippen LogP contribution in [0.5, 0.6) is 0 Å². The predicted octanol–water partition coefficient (Wildman–Crippen LogP) is 4.63. The van der Waals surface area contributed by atoms with Crippen molar-refractivity contribution in [1.82, 2.24) is 0 Å². The first-order valence-electron chi connectivity index (χ1n) is 7.10. The van der Waals surface area contributed by atoms with Crippen molar-refractivity contribution in [3.05, 3.63) is 57.8 Å². The van der Waals surface area contributed by atoms with Gasteiger partial charge in [0.2, 0.25) is 0 Å². The lowest BCUT2D eigenvalue weighted by molar-refractivity contribution is -0.143. The summed E-state index contributed by atoms with van der Waals surface area (Å²) in [5, 5.41) is 11.7. The number of carboxylic acid groups (broad SMARTS) is 1. The van der Waals surface area contributed by atoms with Gasteiger partial charge in [-0.05, 0) is 34.9 Å².